The van der Waals surface area contributed by atoms with Gasteiger partial charge in [-0.1, -0.05) is 29.5 Å². The number of hydrogen-bond acceptors (Lipinski definition) is 3. The molecule has 0 aliphatic heterocycles. The summed E-state index contributed by atoms with van der Waals surface area (Å²) in [5.41, 5.74) is 2.49. The van der Waals surface area contributed by atoms with Gasteiger partial charge in [0.15, 0.2) is 0 Å². The van der Waals surface area contributed by atoms with Crippen LogP contribution in [0.25, 0.3) is 0 Å². The van der Waals surface area contributed by atoms with E-state index in [0.29, 0.717) is 21.8 Å². The fourth-order valence-corrected chi connectivity index (χ4v) is 1.97. The molecule has 1 heterocycles. The van der Waals surface area contributed by atoms with Crippen LogP contribution in [0.3, 0.4) is 0 Å². The number of carbonyl (C=O) groups is 1. The first-order valence-electron chi connectivity index (χ1n) is 6.22. The van der Waals surface area contributed by atoms with Gasteiger partial charge in [-0.15, -0.1) is 0 Å². The SMILES string of the molecule is Cc1ccc(NC(=O)c2cncc(C#CCO)c2)c(Cl)c1. The van der Waals surface area contributed by atoms with Crippen LogP contribution in [0.4, 0.5) is 5.69 Å². The summed E-state index contributed by atoms with van der Waals surface area (Å²) in [5, 5.41) is 11.9. The normalized spacial score (nSPS) is 9.67. The molecule has 5 heteroatoms. The molecule has 1 amide bonds. The van der Waals surface area contributed by atoms with Gasteiger partial charge in [0.1, 0.15) is 6.61 Å². The van der Waals surface area contributed by atoms with Crippen LogP contribution in [0.1, 0.15) is 21.5 Å². The fourth-order valence-electron chi connectivity index (χ4n) is 1.69. The first-order chi connectivity index (χ1) is 10.1. The van der Waals surface area contributed by atoms with Gasteiger partial charge >= 0.3 is 0 Å². The highest BCUT2D eigenvalue weighted by atomic mass is 35.5. The van der Waals surface area contributed by atoms with E-state index in [-0.39, 0.29) is 12.5 Å². The summed E-state index contributed by atoms with van der Waals surface area (Å²) in [5.74, 6) is 4.89. The Kier molecular flexibility index (Phi) is 4.94. The van der Waals surface area contributed by atoms with Crippen LogP contribution in [0.2, 0.25) is 5.02 Å². The lowest BCUT2D eigenvalue weighted by molar-refractivity contribution is 0.102. The zero-order chi connectivity index (χ0) is 15.2. The Balaban J connectivity index is 2.20. The lowest BCUT2D eigenvalue weighted by Gasteiger charge is -2.08. The van der Waals surface area contributed by atoms with Crippen LogP contribution < -0.4 is 5.32 Å². The van der Waals surface area contributed by atoms with E-state index in [1.54, 1.807) is 18.2 Å². The molecule has 0 aliphatic rings. The number of amides is 1. The first-order valence-corrected chi connectivity index (χ1v) is 6.60. The number of aryl methyl sites for hydroxylation is 1. The lowest BCUT2D eigenvalue weighted by atomic mass is 10.2. The minimum absolute atomic E-state index is 0.241. The molecular formula is C16H13ClN2O2. The highest BCUT2D eigenvalue weighted by Crippen LogP contribution is 2.23. The third-order valence-corrected chi connectivity index (χ3v) is 3.00. The molecule has 21 heavy (non-hydrogen) atoms. The van der Waals surface area contributed by atoms with E-state index in [1.165, 1.54) is 12.4 Å². The summed E-state index contributed by atoms with van der Waals surface area (Å²) in [7, 11) is 0. The smallest absolute Gasteiger partial charge is 0.257 e. The van der Waals surface area contributed by atoms with Crippen molar-refractivity contribution in [2.75, 3.05) is 11.9 Å². The lowest BCUT2D eigenvalue weighted by Crippen LogP contribution is -2.12. The van der Waals surface area contributed by atoms with Gasteiger partial charge in [-0.05, 0) is 30.7 Å². The van der Waals surface area contributed by atoms with Crippen molar-refractivity contribution < 1.29 is 9.90 Å². The second-order valence-corrected chi connectivity index (χ2v) is 4.77. The minimum atomic E-state index is -0.319. The number of anilines is 1. The molecule has 2 aromatic rings. The Labute approximate surface area is 127 Å². The number of nitrogens with one attached hydrogen (secondary N) is 1. The Morgan fingerprint density at radius 3 is 2.90 bits per heavy atom. The quantitative estimate of drug-likeness (QED) is 0.838. The number of hydrogen-bond donors (Lipinski definition) is 2. The summed E-state index contributed by atoms with van der Waals surface area (Å²) in [6.07, 6.45) is 2.97. The maximum Gasteiger partial charge on any atom is 0.257 e. The van der Waals surface area contributed by atoms with Gasteiger partial charge in [-0.25, -0.2) is 0 Å². The maximum atomic E-state index is 12.2. The van der Waals surface area contributed by atoms with Gasteiger partial charge in [-0.2, -0.15) is 0 Å². The van der Waals surface area contributed by atoms with Crippen molar-refractivity contribution in [1.82, 2.24) is 4.98 Å². The standard InChI is InChI=1S/C16H13ClN2O2/c1-11-4-5-15(14(17)7-11)19-16(21)13-8-12(3-2-6-20)9-18-10-13/h4-5,7-10,20H,6H2,1H3,(H,19,21). The number of aromatic nitrogens is 1. The summed E-state index contributed by atoms with van der Waals surface area (Å²) >= 11 is 6.08. The molecule has 106 valence electrons. The Morgan fingerprint density at radius 1 is 1.38 bits per heavy atom. The highest BCUT2D eigenvalue weighted by Gasteiger charge is 2.09. The molecule has 0 aliphatic carbocycles. The van der Waals surface area contributed by atoms with E-state index in [1.807, 2.05) is 13.0 Å². The van der Waals surface area contributed by atoms with Crippen LogP contribution in [0, 0.1) is 18.8 Å². The van der Waals surface area contributed by atoms with Gasteiger partial charge in [0, 0.05) is 18.0 Å². The topological polar surface area (TPSA) is 62.2 Å². The second kappa shape index (κ2) is 6.89. The van der Waals surface area contributed by atoms with E-state index in [9.17, 15) is 4.79 Å². The molecule has 2 rings (SSSR count). The summed E-state index contributed by atoms with van der Waals surface area (Å²) < 4.78 is 0. The summed E-state index contributed by atoms with van der Waals surface area (Å²) in [4.78, 5) is 16.1. The predicted octanol–water partition coefficient (Wildman–Crippen LogP) is 2.64. The van der Waals surface area contributed by atoms with Crippen molar-refractivity contribution in [3.8, 4) is 11.8 Å². The number of carbonyl (C=O) groups excluding carboxylic acids is 1. The van der Waals surface area contributed by atoms with Gasteiger partial charge in [0.25, 0.3) is 5.91 Å². The Morgan fingerprint density at radius 2 is 2.19 bits per heavy atom. The molecule has 0 bridgehead atoms. The number of rotatable bonds is 2. The minimum Gasteiger partial charge on any atom is -0.384 e. The first kappa shape index (κ1) is 15.0. The monoisotopic (exact) mass is 300 g/mol. The Hall–Kier alpha value is -2.35. The number of aliphatic hydroxyl groups is 1. The fraction of sp³-hybridized carbons (Fsp3) is 0.125. The molecule has 0 fully saturated rings. The van der Waals surface area contributed by atoms with Crippen molar-refractivity contribution >= 4 is 23.2 Å². The molecule has 0 saturated carbocycles. The van der Waals surface area contributed by atoms with E-state index in [0.717, 1.165) is 5.56 Å². The van der Waals surface area contributed by atoms with Crippen LogP contribution in [-0.4, -0.2) is 22.6 Å². The van der Waals surface area contributed by atoms with Crippen LogP contribution in [0.15, 0.2) is 36.7 Å². The van der Waals surface area contributed by atoms with Crippen LogP contribution >= 0.6 is 11.6 Å². The molecule has 0 atom stereocenters. The van der Waals surface area contributed by atoms with E-state index >= 15 is 0 Å². The van der Waals surface area contributed by atoms with Gasteiger partial charge < -0.3 is 10.4 Å². The predicted molar refractivity (Wildman–Crippen MR) is 82.3 cm³/mol. The molecule has 4 nitrogen and oxygen atoms in total. The zero-order valence-electron chi connectivity index (χ0n) is 11.4. The van der Waals surface area contributed by atoms with Crippen molar-refractivity contribution in [1.29, 1.82) is 0 Å². The number of benzene rings is 1. The average Bonchev–Trinajstić information content (AvgIpc) is 2.48. The number of pyridine rings is 1. The Bertz CT molecular complexity index is 733. The number of halogens is 1. The molecule has 1 aromatic heterocycles. The molecule has 1 aromatic carbocycles. The largest absolute Gasteiger partial charge is 0.384 e. The van der Waals surface area contributed by atoms with Crippen molar-refractivity contribution in [2.45, 2.75) is 6.92 Å². The molecule has 2 N–H and O–H groups in total. The third-order valence-electron chi connectivity index (χ3n) is 2.69. The average molecular weight is 301 g/mol. The molecular weight excluding hydrogens is 288 g/mol. The molecule has 0 saturated heterocycles. The van der Waals surface area contributed by atoms with Gasteiger partial charge in [0.05, 0.1) is 16.3 Å². The van der Waals surface area contributed by atoms with Crippen molar-refractivity contribution in [3.63, 3.8) is 0 Å². The van der Waals surface area contributed by atoms with Crippen molar-refractivity contribution in [2.24, 2.45) is 0 Å². The number of aliphatic hydroxyl groups excluding tert-OH is 1. The second-order valence-electron chi connectivity index (χ2n) is 4.36. The van der Waals surface area contributed by atoms with E-state index in [2.05, 4.69) is 22.1 Å². The molecule has 0 spiro atoms. The van der Waals surface area contributed by atoms with Crippen molar-refractivity contribution in [3.05, 3.63) is 58.4 Å². The van der Waals surface area contributed by atoms with Gasteiger partial charge in [-0.3, -0.25) is 9.78 Å². The summed E-state index contributed by atoms with van der Waals surface area (Å²) in [6.45, 7) is 1.68. The zero-order valence-corrected chi connectivity index (χ0v) is 12.1. The maximum absolute atomic E-state index is 12.2. The molecule has 0 unspecified atom stereocenters. The molecule has 0 radical (unpaired) electrons. The summed E-state index contributed by atoms with van der Waals surface area (Å²) in [6, 6.07) is 6.99. The van der Waals surface area contributed by atoms with E-state index < -0.39 is 0 Å². The van der Waals surface area contributed by atoms with E-state index in [4.69, 9.17) is 16.7 Å². The number of nitrogens with zero attached hydrogens (tertiary/aromatic N) is 1. The third kappa shape index (κ3) is 4.06. The van der Waals surface area contributed by atoms with Crippen LogP contribution in [0.5, 0.6) is 0 Å². The van der Waals surface area contributed by atoms with Crippen LogP contribution in [-0.2, 0) is 0 Å². The highest BCUT2D eigenvalue weighted by molar-refractivity contribution is 6.34. The van der Waals surface area contributed by atoms with Gasteiger partial charge in [0.2, 0.25) is 0 Å².